The standard InChI is InChI=1S/C14H16N4O2S2/c1-8-4-5-9(2)11(6-8)16-12(20)7-21-14-18-17-13(22-14)15-10(3)19/h4-6H,7H2,1-3H3,(H,16,20)(H,15,17,19). The van der Waals surface area contributed by atoms with E-state index in [4.69, 9.17) is 0 Å². The summed E-state index contributed by atoms with van der Waals surface area (Å²) in [5.41, 5.74) is 2.94. The first kappa shape index (κ1) is 16.4. The van der Waals surface area contributed by atoms with Crippen molar-refractivity contribution in [2.75, 3.05) is 16.4 Å². The molecule has 0 saturated carbocycles. The zero-order chi connectivity index (χ0) is 16.1. The van der Waals surface area contributed by atoms with Crippen LogP contribution in [0.3, 0.4) is 0 Å². The molecule has 0 radical (unpaired) electrons. The van der Waals surface area contributed by atoms with Crippen molar-refractivity contribution in [2.45, 2.75) is 25.1 Å². The van der Waals surface area contributed by atoms with Crippen LogP contribution < -0.4 is 10.6 Å². The minimum Gasteiger partial charge on any atom is -0.325 e. The molecule has 2 amide bonds. The summed E-state index contributed by atoms with van der Waals surface area (Å²) in [5.74, 6) is -0.0578. The van der Waals surface area contributed by atoms with E-state index in [-0.39, 0.29) is 17.6 Å². The van der Waals surface area contributed by atoms with Gasteiger partial charge in [-0.05, 0) is 31.0 Å². The Kier molecular flexibility index (Phi) is 5.51. The van der Waals surface area contributed by atoms with Gasteiger partial charge in [0, 0.05) is 12.6 Å². The number of carbonyl (C=O) groups is 2. The Hall–Kier alpha value is -1.93. The van der Waals surface area contributed by atoms with E-state index in [1.165, 1.54) is 30.0 Å². The molecule has 2 N–H and O–H groups in total. The molecule has 0 unspecified atom stereocenters. The zero-order valence-corrected chi connectivity index (χ0v) is 14.1. The average Bonchev–Trinajstić information content (AvgIpc) is 2.87. The van der Waals surface area contributed by atoms with Gasteiger partial charge in [0.1, 0.15) is 0 Å². The highest BCUT2D eigenvalue weighted by molar-refractivity contribution is 8.01. The Labute approximate surface area is 136 Å². The van der Waals surface area contributed by atoms with E-state index in [1.54, 1.807) is 0 Å². The molecule has 0 atom stereocenters. The smallest absolute Gasteiger partial charge is 0.234 e. The second kappa shape index (κ2) is 7.37. The molecule has 2 rings (SSSR count). The summed E-state index contributed by atoms with van der Waals surface area (Å²) in [6, 6.07) is 5.92. The summed E-state index contributed by atoms with van der Waals surface area (Å²) < 4.78 is 0.639. The van der Waals surface area contributed by atoms with Crippen molar-refractivity contribution in [3.63, 3.8) is 0 Å². The maximum absolute atomic E-state index is 12.0. The van der Waals surface area contributed by atoms with Crippen molar-refractivity contribution in [3.05, 3.63) is 29.3 Å². The van der Waals surface area contributed by atoms with E-state index in [1.807, 2.05) is 32.0 Å². The number of rotatable bonds is 5. The molecule has 0 aliphatic carbocycles. The fourth-order valence-corrected chi connectivity index (χ4v) is 3.25. The lowest BCUT2D eigenvalue weighted by Gasteiger charge is -2.08. The molecule has 116 valence electrons. The van der Waals surface area contributed by atoms with Crippen LogP contribution in [0.15, 0.2) is 22.5 Å². The molecule has 1 aromatic heterocycles. The Morgan fingerprint density at radius 1 is 1.23 bits per heavy atom. The Morgan fingerprint density at radius 2 is 2.00 bits per heavy atom. The fraction of sp³-hybridized carbons (Fsp3) is 0.286. The van der Waals surface area contributed by atoms with Gasteiger partial charge in [-0.3, -0.25) is 9.59 Å². The third-order valence-electron chi connectivity index (χ3n) is 2.68. The van der Waals surface area contributed by atoms with Crippen LogP contribution in [0.1, 0.15) is 18.1 Å². The van der Waals surface area contributed by atoms with Crippen LogP contribution in [-0.2, 0) is 9.59 Å². The van der Waals surface area contributed by atoms with Gasteiger partial charge >= 0.3 is 0 Å². The monoisotopic (exact) mass is 336 g/mol. The molecule has 22 heavy (non-hydrogen) atoms. The van der Waals surface area contributed by atoms with Crippen molar-refractivity contribution < 1.29 is 9.59 Å². The Bertz CT molecular complexity index is 700. The van der Waals surface area contributed by atoms with Crippen molar-refractivity contribution in [1.29, 1.82) is 0 Å². The van der Waals surface area contributed by atoms with E-state index in [2.05, 4.69) is 20.8 Å². The predicted octanol–water partition coefficient (Wildman–Crippen LogP) is 2.84. The maximum Gasteiger partial charge on any atom is 0.234 e. The third-order valence-corrected chi connectivity index (χ3v) is 4.66. The van der Waals surface area contributed by atoms with Gasteiger partial charge in [-0.2, -0.15) is 0 Å². The minimum absolute atomic E-state index is 0.102. The number of hydrogen-bond donors (Lipinski definition) is 2. The number of nitrogens with zero attached hydrogens (tertiary/aromatic N) is 2. The van der Waals surface area contributed by atoms with Gasteiger partial charge in [-0.1, -0.05) is 35.2 Å². The molecule has 2 aromatic rings. The first-order valence-corrected chi connectivity index (χ1v) is 8.35. The number of hydrogen-bond acceptors (Lipinski definition) is 6. The summed E-state index contributed by atoms with van der Waals surface area (Å²) in [4.78, 5) is 22.9. The van der Waals surface area contributed by atoms with Gasteiger partial charge < -0.3 is 10.6 Å². The predicted molar refractivity (Wildman–Crippen MR) is 89.5 cm³/mol. The SMILES string of the molecule is CC(=O)Nc1nnc(SCC(=O)Nc2cc(C)ccc2C)s1. The van der Waals surface area contributed by atoms with Gasteiger partial charge in [0.25, 0.3) is 0 Å². The minimum atomic E-state index is -0.194. The highest BCUT2D eigenvalue weighted by atomic mass is 32.2. The molecular formula is C14H16N4O2S2. The molecule has 0 bridgehead atoms. The summed E-state index contributed by atoms with van der Waals surface area (Å²) in [6.45, 7) is 5.34. The topological polar surface area (TPSA) is 84.0 Å². The summed E-state index contributed by atoms with van der Waals surface area (Å²) in [7, 11) is 0. The number of thioether (sulfide) groups is 1. The van der Waals surface area contributed by atoms with Gasteiger partial charge in [0.05, 0.1) is 5.75 Å². The van der Waals surface area contributed by atoms with Gasteiger partial charge in [-0.15, -0.1) is 10.2 Å². The molecule has 0 aliphatic heterocycles. The van der Waals surface area contributed by atoms with Crippen LogP contribution in [0.4, 0.5) is 10.8 Å². The number of anilines is 2. The fourth-order valence-electron chi connectivity index (χ4n) is 1.65. The molecule has 0 aliphatic rings. The maximum atomic E-state index is 12.0. The number of carbonyl (C=O) groups excluding carboxylic acids is 2. The average molecular weight is 336 g/mol. The second-order valence-electron chi connectivity index (χ2n) is 4.71. The second-order valence-corrected chi connectivity index (χ2v) is 6.91. The lowest BCUT2D eigenvalue weighted by molar-refractivity contribution is -0.114. The normalized spacial score (nSPS) is 10.3. The Balaban J connectivity index is 1.88. The van der Waals surface area contributed by atoms with Gasteiger partial charge in [0.2, 0.25) is 16.9 Å². The van der Waals surface area contributed by atoms with Crippen LogP contribution in [0.25, 0.3) is 0 Å². The number of aryl methyl sites for hydroxylation is 2. The summed E-state index contributed by atoms with van der Waals surface area (Å²) in [6.07, 6.45) is 0. The van der Waals surface area contributed by atoms with Crippen molar-refractivity contribution in [2.24, 2.45) is 0 Å². The highest BCUT2D eigenvalue weighted by Crippen LogP contribution is 2.25. The molecule has 8 heteroatoms. The van der Waals surface area contributed by atoms with E-state index >= 15 is 0 Å². The van der Waals surface area contributed by atoms with E-state index in [0.717, 1.165) is 16.8 Å². The molecule has 0 saturated heterocycles. The van der Waals surface area contributed by atoms with Gasteiger partial charge in [-0.25, -0.2) is 0 Å². The lowest BCUT2D eigenvalue weighted by Crippen LogP contribution is -2.14. The van der Waals surface area contributed by atoms with Crippen molar-refractivity contribution >= 4 is 45.7 Å². The zero-order valence-electron chi connectivity index (χ0n) is 12.5. The molecular weight excluding hydrogens is 320 g/mol. The third kappa shape index (κ3) is 4.81. The molecule has 6 nitrogen and oxygen atoms in total. The summed E-state index contributed by atoms with van der Waals surface area (Å²) >= 11 is 2.53. The first-order chi connectivity index (χ1) is 10.4. The van der Waals surface area contributed by atoms with Gasteiger partial charge in [0.15, 0.2) is 4.34 Å². The van der Waals surface area contributed by atoms with Crippen LogP contribution in [0.2, 0.25) is 0 Å². The summed E-state index contributed by atoms with van der Waals surface area (Å²) in [5, 5.41) is 13.6. The van der Waals surface area contributed by atoms with Crippen molar-refractivity contribution in [3.8, 4) is 0 Å². The quantitative estimate of drug-likeness (QED) is 0.648. The van der Waals surface area contributed by atoms with Crippen LogP contribution in [-0.4, -0.2) is 27.8 Å². The molecule has 0 fully saturated rings. The van der Waals surface area contributed by atoms with Crippen LogP contribution in [0.5, 0.6) is 0 Å². The van der Waals surface area contributed by atoms with E-state index in [9.17, 15) is 9.59 Å². The van der Waals surface area contributed by atoms with Crippen LogP contribution in [0, 0.1) is 13.8 Å². The molecule has 0 spiro atoms. The molecule has 1 aromatic carbocycles. The highest BCUT2D eigenvalue weighted by Gasteiger charge is 2.10. The van der Waals surface area contributed by atoms with Crippen LogP contribution >= 0.6 is 23.1 Å². The van der Waals surface area contributed by atoms with E-state index in [0.29, 0.717) is 9.47 Å². The molecule has 1 heterocycles. The Morgan fingerprint density at radius 3 is 2.73 bits per heavy atom. The number of benzene rings is 1. The van der Waals surface area contributed by atoms with E-state index < -0.39 is 0 Å². The number of nitrogens with one attached hydrogen (secondary N) is 2. The largest absolute Gasteiger partial charge is 0.325 e. The van der Waals surface area contributed by atoms with Crippen molar-refractivity contribution in [1.82, 2.24) is 10.2 Å². The lowest BCUT2D eigenvalue weighted by atomic mass is 10.1. The first-order valence-electron chi connectivity index (χ1n) is 6.55. The number of aromatic nitrogens is 2. The number of amides is 2.